The Morgan fingerprint density at radius 2 is 2.17 bits per heavy atom. The van der Waals surface area contributed by atoms with Gasteiger partial charge < -0.3 is 4.98 Å². The van der Waals surface area contributed by atoms with Crippen molar-refractivity contribution in [3.63, 3.8) is 0 Å². The molecule has 0 radical (unpaired) electrons. The van der Waals surface area contributed by atoms with Crippen LogP contribution in [0.25, 0.3) is 16.9 Å². The lowest BCUT2D eigenvalue weighted by molar-refractivity contribution is 0.626. The van der Waals surface area contributed by atoms with E-state index in [9.17, 15) is 4.39 Å². The first-order valence-electron chi connectivity index (χ1n) is 5.49. The molecule has 0 bridgehead atoms. The van der Waals surface area contributed by atoms with Gasteiger partial charge in [0.15, 0.2) is 10.4 Å². The van der Waals surface area contributed by atoms with Crippen LogP contribution in [0.3, 0.4) is 0 Å². The second kappa shape index (κ2) is 4.03. The standard InChI is InChI=1S/C13H10FN3S/c1-8-5-6-15-12-11(8)16-13(18)17(12)10-4-2-3-9(14)7-10/h2-7H,1H3,(H,16,18). The molecule has 5 heteroatoms. The van der Waals surface area contributed by atoms with Crippen molar-refractivity contribution >= 4 is 23.4 Å². The number of imidazole rings is 1. The van der Waals surface area contributed by atoms with Crippen molar-refractivity contribution in [1.82, 2.24) is 14.5 Å². The Morgan fingerprint density at radius 3 is 2.94 bits per heavy atom. The van der Waals surface area contributed by atoms with Crippen molar-refractivity contribution < 1.29 is 4.39 Å². The molecule has 0 atom stereocenters. The van der Waals surface area contributed by atoms with Crippen LogP contribution in [0.2, 0.25) is 0 Å². The normalized spacial score (nSPS) is 11.0. The zero-order valence-corrected chi connectivity index (χ0v) is 10.5. The molecular weight excluding hydrogens is 249 g/mol. The summed E-state index contributed by atoms with van der Waals surface area (Å²) in [6.45, 7) is 1.98. The minimum atomic E-state index is -0.295. The van der Waals surface area contributed by atoms with Gasteiger partial charge in [-0.2, -0.15) is 0 Å². The fourth-order valence-electron chi connectivity index (χ4n) is 1.98. The molecule has 2 heterocycles. The van der Waals surface area contributed by atoms with Crippen molar-refractivity contribution in [3.8, 4) is 5.69 Å². The van der Waals surface area contributed by atoms with Gasteiger partial charge >= 0.3 is 0 Å². The monoisotopic (exact) mass is 259 g/mol. The van der Waals surface area contributed by atoms with Crippen molar-refractivity contribution in [1.29, 1.82) is 0 Å². The van der Waals surface area contributed by atoms with Gasteiger partial charge in [0.05, 0.1) is 11.2 Å². The molecule has 0 amide bonds. The second-order valence-corrected chi connectivity index (χ2v) is 4.46. The number of nitrogens with one attached hydrogen (secondary N) is 1. The lowest BCUT2D eigenvalue weighted by Gasteiger charge is -2.03. The number of aryl methyl sites for hydroxylation is 1. The lowest BCUT2D eigenvalue weighted by atomic mass is 10.2. The molecule has 3 rings (SSSR count). The fraction of sp³-hybridized carbons (Fsp3) is 0.0769. The number of hydrogen-bond donors (Lipinski definition) is 1. The topological polar surface area (TPSA) is 33.6 Å². The van der Waals surface area contributed by atoms with Crippen LogP contribution in [0.15, 0.2) is 36.5 Å². The highest BCUT2D eigenvalue weighted by Crippen LogP contribution is 2.20. The SMILES string of the molecule is Cc1ccnc2c1[nH]c(=S)n2-c1cccc(F)c1. The maximum Gasteiger partial charge on any atom is 0.184 e. The zero-order chi connectivity index (χ0) is 12.7. The average Bonchev–Trinajstić information content (AvgIpc) is 2.67. The van der Waals surface area contributed by atoms with Crippen LogP contribution in [0.5, 0.6) is 0 Å². The summed E-state index contributed by atoms with van der Waals surface area (Å²) in [6.07, 6.45) is 1.72. The first-order valence-corrected chi connectivity index (χ1v) is 5.90. The third-order valence-corrected chi connectivity index (χ3v) is 3.14. The van der Waals surface area contributed by atoms with Crippen LogP contribution in [-0.4, -0.2) is 14.5 Å². The summed E-state index contributed by atoms with van der Waals surface area (Å²) in [4.78, 5) is 7.42. The number of H-pyrrole nitrogens is 1. The van der Waals surface area contributed by atoms with Crippen LogP contribution in [-0.2, 0) is 0 Å². The van der Waals surface area contributed by atoms with Crippen LogP contribution in [0.1, 0.15) is 5.56 Å². The molecule has 0 saturated heterocycles. The van der Waals surface area contributed by atoms with E-state index >= 15 is 0 Å². The van der Waals surface area contributed by atoms with Gasteiger partial charge in [-0.1, -0.05) is 6.07 Å². The second-order valence-electron chi connectivity index (χ2n) is 4.07. The summed E-state index contributed by atoms with van der Waals surface area (Å²) in [7, 11) is 0. The Morgan fingerprint density at radius 1 is 1.33 bits per heavy atom. The highest BCUT2D eigenvalue weighted by atomic mass is 32.1. The van der Waals surface area contributed by atoms with Crippen molar-refractivity contribution in [3.05, 3.63) is 52.7 Å². The Hall–Kier alpha value is -2.01. The molecule has 0 aliphatic heterocycles. The third-order valence-electron chi connectivity index (χ3n) is 2.85. The van der Waals surface area contributed by atoms with E-state index in [4.69, 9.17) is 12.2 Å². The van der Waals surface area contributed by atoms with E-state index in [2.05, 4.69) is 9.97 Å². The van der Waals surface area contributed by atoms with Gasteiger partial charge in [-0.05, 0) is 49.0 Å². The number of hydrogen-bond acceptors (Lipinski definition) is 2. The smallest absolute Gasteiger partial charge is 0.184 e. The molecule has 2 aromatic heterocycles. The van der Waals surface area contributed by atoms with E-state index in [1.165, 1.54) is 12.1 Å². The van der Waals surface area contributed by atoms with Gasteiger partial charge in [-0.25, -0.2) is 9.37 Å². The number of pyridine rings is 1. The van der Waals surface area contributed by atoms with Gasteiger partial charge in [0, 0.05) is 6.20 Å². The molecule has 0 fully saturated rings. The third kappa shape index (κ3) is 1.64. The van der Waals surface area contributed by atoms with Gasteiger partial charge in [-0.15, -0.1) is 0 Å². The zero-order valence-electron chi connectivity index (χ0n) is 9.64. The molecule has 0 unspecified atom stereocenters. The Balaban J connectivity index is 2.39. The summed E-state index contributed by atoms with van der Waals surface area (Å²) in [5, 5.41) is 0. The van der Waals surface area contributed by atoms with Gasteiger partial charge in [0.25, 0.3) is 0 Å². The molecule has 3 aromatic rings. The summed E-state index contributed by atoms with van der Waals surface area (Å²) in [5.74, 6) is -0.295. The highest BCUT2D eigenvalue weighted by Gasteiger charge is 2.09. The molecule has 3 nitrogen and oxygen atoms in total. The lowest BCUT2D eigenvalue weighted by Crippen LogP contribution is -1.96. The van der Waals surface area contributed by atoms with Gasteiger partial charge in [-0.3, -0.25) is 4.57 Å². The molecule has 18 heavy (non-hydrogen) atoms. The van der Waals surface area contributed by atoms with Crippen LogP contribution in [0.4, 0.5) is 4.39 Å². The molecule has 0 aliphatic rings. The predicted molar refractivity (Wildman–Crippen MR) is 70.9 cm³/mol. The number of aromatic amines is 1. The Bertz CT molecular complexity index is 788. The van der Waals surface area contributed by atoms with Crippen LogP contribution < -0.4 is 0 Å². The van der Waals surface area contributed by atoms with Gasteiger partial charge in [0.2, 0.25) is 0 Å². The summed E-state index contributed by atoms with van der Waals surface area (Å²) in [6, 6.07) is 8.20. The van der Waals surface area contributed by atoms with E-state index in [-0.39, 0.29) is 5.82 Å². The first kappa shape index (κ1) is 11.1. The molecule has 90 valence electrons. The number of aromatic nitrogens is 3. The minimum Gasteiger partial charge on any atom is -0.329 e. The van der Waals surface area contributed by atoms with E-state index in [0.29, 0.717) is 16.1 Å². The van der Waals surface area contributed by atoms with Crippen molar-refractivity contribution in [2.24, 2.45) is 0 Å². The van der Waals surface area contributed by atoms with Crippen molar-refractivity contribution in [2.75, 3.05) is 0 Å². The van der Waals surface area contributed by atoms with E-state index < -0.39 is 0 Å². The first-order chi connectivity index (χ1) is 8.66. The van der Waals surface area contributed by atoms with Crippen LogP contribution in [0, 0.1) is 17.5 Å². The fourth-order valence-corrected chi connectivity index (χ4v) is 2.28. The quantitative estimate of drug-likeness (QED) is 0.678. The van der Waals surface area contributed by atoms with E-state index in [0.717, 1.165) is 11.1 Å². The number of rotatable bonds is 1. The van der Waals surface area contributed by atoms with Crippen molar-refractivity contribution in [2.45, 2.75) is 6.92 Å². The minimum absolute atomic E-state index is 0.295. The summed E-state index contributed by atoms with van der Waals surface area (Å²) in [5.41, 5.74) is 3.32. The average molecular weight is 259 g/mol. The highest BCUT2D eigenvalue weighted by molar-refractivity contribution is 7.71. The predicted octanol–water partition coefficient (Wildman–Crippen LogP) is 3.53. The number of nitrogens with zero attached hydrogens (tertiary/aromatic N) is 2. The number of halogens is 1. The molecule has 1 N–H and O–H groups in total. The Labute approximate surface area is 108 Å². The van der Waals surface area contributed by atoms with Gasteiger partial charge in [0.1, 0.15) is 5.82 Å². The number of fused-ring (bicyclic) bond motifs is 1. The molecule has 0 saturated carbocycles. The Kier molecular flexibility index (Phi) is 2.48. The molecule has 0 aliphatic carbocycles. The number of benzene rings is 1. The maximum absolute atomic E-state index is 13.3. The largest absolute Gasteiger partial charge is 0.329 e. The van der Waals surface area contributed by atoms with E-state index in [1.807, 2.05) is 13.0 Å². The molecule has 0 spiro atoms. The van der Waals surface area contributed by atoms with E-state index in [1.54, 1.807) is 22.9 Å². The summed E-state index contributed by atoms with van der Waals surface area (Å²) >= 11 is 5.28. The maximum atomic E-state index is 13.3. The molecule has 1 aromatic carbocycles. The summed E-state index contributed by atoms with van der Waals surface area (Å²) < 4.78 is 15.5. The molecular formula is C13H10FN3S. The van der Waals surface area contributed by atoms with Crippen LogP contribution >= 0.6 is 12.2 Å².